The summed E-state index contributed by atoms with van der Waals surface area (Å²) in [6.45, 7) is 2.21. The van der Waals surface area contributed by atoms with Crippen LogP contribution in [-0.2, 0) is 0 Å². The van der Waals surface area contributed by atoms with Gasteiger partial charge >= 0.3 is 0 Å². The van der Waals surface area contributed by atoms with Crippen molar-refractivity contribution in [3.8, 4) is 11.5 Å². The fourth-order valence-corrected chi connectivity index (χ4v) is 2.34. The van der Waals surface area contributed by atoms with Gasteiger partial charge in [0.1, 0.15) is 0 Å². The molecule has 0 aliphatic carbocycles. The summed E-state index contributed by atoms with van der Waals surface area (Å²) in [4.78, 5) is 12.1. The zero-order chi connectivity index (χ0) is 15.5. The lowest BCUT2D eigenvalue weighted by Crippen LogP contribution is -1.96. The Hall–Kier alpha value is -2.27. The fraction of sp³-hybridized carbons (Fsp3) is 0.118. The molecule has 0 saturated heterocycles. The Balaban J connectivity index is 1.67. The molecule has 112 valence electrons. The van der Waals surface area contributed by atoms with Crippen molar-refractivity contribution in [3.63, 3.8) is 0 Å². The predicted molar refractivity (Wildman–Crippen MR) is 88.5 cm³/mol. The predicted octanol–water partition coefficient (Wildman–Crippen LogP) is 4.29. The van der Waals surface area contributed by atoms with Crippen LogP contribution < -0.4 is 14.8 Å². The third-order valence-corrected chi connectivity index (χ3v) is 4.19. The average Bonchev–Trinajstić information content (AvgIpc) is 2.98. The van der Waals surface area contributed by atoms with E-state index in [1.54, 1.807) is 24.4 Å². The Morgan fingerprint density at radius 2 is 2.00 bits per heavy atom. The third kappa shape index (κ3) is 3.14. The smallest absolute Gasteiger partial charge is 0.231 e. The standard InChI is InChI=1S/C17H14BrNO3/c1-11-8-13(3-4-14(11)18)19-7-6-15(20)12-2-5-16-17(9-12)22-10-21-16/h2-9,19H,10H2,1H3/b7-6+. The summed E-state index contributed by atoms with van der Waals surface area (Å²) >= 11 is 3.45. The van der Waals surface area contributed by atoms with Gasteiger partial charge in [-0.25, -0.2) is 0 Å². The van der Waals surface area contributed by atoms with Crippen LogP contribution in [0.3, 0.4) is 0 Å². The molecule has 0 saturated carbocycles. The van der Waals surface area contributed by atoms with Crippen molar-refractivity contribution in [2.24, 2.45) is 0 Å². The molecule has 4 nitrogen and oxygen atoms in total. The van der Waals surface area contributed by atoms with Gasteiger partial charge in [-0.3, -0.25) is 4.79 Å². The van der Waals surface area contributed by atoms with E-state index in [-0.39, 0.29) is 12.6 Å². The summed E-state index contributed by atoms with van der Waals surface area (Å²) in [5.74, 6) is 1.18. The van der Waals surface area contributed by atoms with Crippen molar-refractivity contribution in [1.29, 1.82) is 0 Å². The topological polar surface area (TPSA) is 47.6 Å². The van der Waals surface area contributed by atoms with E-state index < -0.39 is 0 Å². The normalized spacial score (nSPS) is 12.6. The minimum absolute atomic E-state index is 0.0976. The molecule has 0 bridgehead atoms. The second kappa shape index (κ2) is 6.23. The summed E-state index contributed by atoms with van der Waals surface area (Å²) in [7, 11) is 0. The molecule has 1 N–H and O–H groups in total. The number of hydrogen-bond donors (Lipinski definition) is 1. The van der Waals surface area contributed by atoms with Crippen LogP contribution in [-0.4, -0.2) is 12.6 Å². The van der Waals surface area contributed by atoms with E-state index in [2.05, 4.69) is 21.2 Å². The van der Waals surface area contributed by atoms with Crippen molar-refractivity contribution >= 4 is 27.4 Å². The number of nitrogens with one attached hydrogen (secondary N) is 1. The number of fused-ring (bicyclic) bond motifs is 1. The molecule has 2 aromatic carbocycles. The van der Waals surface area contributed by atoms with Crippen molar-refractivity contribution in [3.05, 3.63) is 64.3 Å². The molecule has 0 unspecified atom stereocenters. The van der Waals surface area contributed by atoms with Gasteiger partial charge in [0.25, 0.3) is 0 Å². The molecule has 3 rings (SSSR count). The first-order chi connectivity index (χ1) is 10.6. The zero-order valence-electron chi connectivity index (χ0n) is 11.9. The number of carbonyl (C=O) groups excluding carboxylic acids is 1. The van der Waals surface area contributed by atoms with Gasteiger partial charge in [-0.15, -0.1) is 0 Å². The lowest BCUT2D eigenvalue weighted by atomic mass is 10.1. The lowest BCUT2D eigenvalue weighted by molar-refractivity contribution is 0.104. The summed E-state index contributed by atoms with van der Waals surface area (Å²) in [5, 5.41) is 3.09. The van der Waals surface area contributed by atoms with Gasteiger partial charge in [-0.2, -0.15) is 0 Å². The number of ether oxygens (including phenoxy) is 2. The average molecular weight is 360 g/mol. The first-order valence-corrected chi connectivity index (χ1v) is 7.56. The maximum atomic E-state index is 12.1. The molecule has 0 atom stereocenters. The number of halogens is 1. The van der Waals surface area contributed by atoms with Gasteiger partial charge in [0.2, 0.25) is 6.79 Å². The molecule has 22 heavy (non-hydrogen) atoms. The Kier molecular flexibility index (Phi) is 4.15. The van der Waals surface area contributed by atoms with E-state index >= 15 is 0 Å². The number of allylic oxidation sites excluding steroid dienone is 1. The number of rotatable bonds is 4. The molecule has 0 radical (unpaired) electrons. The number of aryl methyl sites for hydroxylation is 1. The van der Waals surface area contributed by atoms with E-state index in [4.69, 9.17) is 9.47 Å². The van der Waals surface area contributed by atoms with Crippen molar-refractivity contribution in [1.82, 2.24) is 0 Å². The van der Waals surface area contributed by atoms with Gasteiger partial charge in [0.05, 0.1) is 0 Å². The van der Waals surface area contributed by atoms with Gasteiger partial charge < -0.3 is 14.8 Å². The summed E-state index contributed by atoms with van der Waals surface area (Å²) in [5.41, 5.74) is 2.62. The number of hydrogen-bond acceptors (Lipinski definition) is 4. The highest BCUT2D eigenvalue weighted by atomic mass is 79.9. The molecule has 0 spiro atoms. The summed E-state index contributed by atoms with van der Waals surface area (Å²) in [6, 6.07) is 11.1. The van der Waals surface area contributed by atoms with Crippen molar-refractivity contribution in [2.45, 2.75) is 6.92 Å². The van der Waals surface area contributed by atoms with E-state index in [1.165, 1.54) is 6.08 Å². The molecule has 1 heterocycles. The minimum atomic E-state index is -0.0976. The molecule has 5 heteroatoms. The van der Waals surface area contributed by atoms with E-state index in [9.17, 15) is 4.79 Å². The van der Waals surface area contributed by atoms with Crippen LogP contribution in [0.5, 0.6) is 11.5 Å². The highest BCUT2D eigenvalue weighted by Crippen LogP contribution is 2.32. The molecule has 0 fully saturated rings. The maximum absolute atomic E-state index is 12.1. The van der Waals surface area contributed by atoms with Crippen LogP contribution in [0.25, 0.3) is 0 Å². The third-order valence-electron chi connectivity index (χ3n) is 3.30. The second-order valence-electron chi connectivity index (χ2n) is 4.87. The summed E-state index contributed by atoms with van der Waals surface area (Å²) in [6.07, 6.45) is 3.13. The highest BCUT2D eigenvalue weighted by molar-refractivity contribution is 9.10. The first kappa shape index (κ1) is 14.7. The maximum Gasteiger partial charge on any atom is 0.231 e. The number of ketones is 1. The van der Waals surface area contributed by atoms with Crippen LogP contribution in [0.2, 0.25) is 0 Å². The molecule has 1 aliphatic rings. The SMILES string of the molecule is Cc1cc(N/C=C/C(=O)c2ccc3c(c2)OCO3)ccc1Br. The van der Waals surface area contributed by atoms with Crippen LogP contribution in [0.15, 0.2) is 53.1 Å². The zero-order valence-corrected chi connectivity index (χ0v) is 13.5. The molecule has 1 aliphatic heterocycles. The molecule has 0 aromatic heterocycles. The molecule has 2 aromatic rings. The van der Waals surface area contributed by atoms with E-state index in [0.717, 1.165) is 15.7 Å². The second-order valence-corrected chi connectivity index (χ2v) is 5.73. The fourth-order valence-electron chi connectivity index (χ4n) is 2.09. The quantitative estimate of drug-likeness (QED) is 0.653. The number of anilines is 1. The van der Waals surface area contributed by atoms with Crippen LogP contribution in [0, 0.1) is 6.92 Å². The van der Waals surface area contributed by atoms with Crippen molar-refractivity contribution < 1.29 is 14.3 Å². The Morgan fingerprint density at radius 3 is 2.82 bits per heavy atom. The van der Waals surface area contributed by atoms with Gasteiger partial charge in [0, 0.05) is 28.0 Å². The Morgan fingerprint density at radius 1 is 1.18 bits per heavy atom. The lowest BCUT2D eigenvalue weighted by Gasteiger charge is -2.04. The van der Waals surface area contributed by atoms with Gasteiger partial charge in [-0.05, 0) is 48.9 Å². The highest BCUT2D eigenvalue weighted by Gasteiger charge is 2.14. The van der Waals surface area contributed by atoms with Gasteiger partial charge in [-0.1, -0.05) is 15.9 Å². The monoisotopic (exact) mass is 359 g/mol. The minimum Gasteiger partial charge on any atom is -0.454 e. The van der Waals surface area contributed by atoms with Crippen LogP contribution in [0.1, 0.15) is 15.9 Å². The number of carbonyl (C=O) groups is 1. The Bertz CT molecular complexity index is 756. The summed E-state index contributed by atoms with van der Waals surface area (Å²) < 4.78 is 11.5. The molecule has 0 amide bonds. The van der Waals surface area contributed by atoms with Crippen LogP contribution >= 0.6 is 15.9 Å². The Labute approximate surface area is 136 Å². The molecular formula is C17H14BrNO3. The largest absolute Gasteiger partial charge is 0.454 e. The van der Waals surface area contributed by atoms with E-state index in [0.29, 0.717) is 17.1 Å². The number of benzene rings is 2. The van der Waals surface area contributed by atoms with E-state index in [1.807, 2.05) is 25.1 Å². The molecular weight excluding hydrogens is 346 g/mol. The van der Waals surface area contributed by atoms with Crippen molar-refractivity contribution in [2.75, 3.05) is 12.1 Å². The van der Waals surface area contributed by atoms with Crippen LogP contribution in [0.4, 0.5) is 5.69 Å². The van der Waals surface area contributed by atoms with Gasteiger partial charge in [0.15, 0.2) is 17.3 Å². The first-order valence-electron chi connectivity index (χ1n) is 6.77.